The summed E-state index contributed by atoms with van der Waals surface area (Å²) in [6.07, 6.45) is 5.84. The van der Waals surface area contributed by atoms with Crippen molar-refractivity contribution in [2.75, 3.05) is 11.5 Å². The second kappa shape index (κ2) is 6.57. The second-order valence-electron chi connectivity index (χ2n) is 5.25. The molecule has 1 aliphatic rings. The number of halogens is 1. The van der Waals surface area contributed by atoms with E-state index in [0.717, 1.165) is 6.54 Å². The smallest absolute Gasteiger partial charge is 0.104 e. The van der Waals surface area contributed by atoms with E-state index < -0.39 is 0 Å². The van der Waals surface area contributed by atoms with Crippen LogP contribution in [0.5, 0.6) is 0 Å². The summed E-state index contributed by atoms with van der Waals surface area (Å²) in [6.45, 7) is 0.973. The van der Waals surface area contributed by atoms with E-state index in [0.29, 0.717) is 0 Å². The van der Waals surface area contributed by atoms with Crippen molar-refractivity contribution in [2.45, 2.75) is 10.6 Å². The van der Waals surface area contributed by atoms with Crippen LogP contribution in [0.3, 0.4) is 0 Å². The van der Waals surface area contributed by atoms with E-state index in [4.69, 9.17) is 0 Å². The lowest BCUT2D eigenvalue weighted by atomic mass is 10.0. The number of thioether (sulfide) groups is 2. The van der Waals surface area contributed by atoms with Crippen molar-refractivity contribution in [3.63, 3.8) is 0 Å². The van der Waals surface area contributed by atoms with Crippen LogP contribution in [0.4, 0.5) is 0 Å². The van der Waals surface area contributed by atoms with Gasteiger partial charge in [0.05, 0.1) is 12.9 Å². The Morgan fingerprint density at radius 2 is 1.82 bits per heavy atom. The van der Waals surface area contributed by atoms with Crippen molar-refractivity contribution < 1.29 is 0 Å². The monoisotopic (exact) mass is 348 g/mol. The van der Waals surface area contributed by atoms with Gasteiger partial charge in [0.2, 0.25) is 0 Å². The molecule has 0 unspecified atom stereocenters. The van der Waals surface area contributed by atoms with E-state index >= 15 is 0 Å². The van der Waals surface area contributed by atoms with Gasteiger partial charge < -0.3 is 4.57 Å². The Morgan fingerprint density at radius 1 is 1.05 bits per heavy atom. The minimum absolute atomic E-state index is 0. The first-order valence-corrected chi connectivity index (χ1v) is 9.06. The maximum Gasteiger partial charge on any atom is 0.104 e. The highest BCUT2D eigenvalue weighted by Crippen LogP contribution is 2.53. The van der Waals surface area contributed by atoms with Crippen LogP contribution in [0.2, 0.25) is 0 Å². The molecule has 0 saturated carbocycles. The molecule has 114 valence electrons. The summed E-state index contributed by atoms with van der Waals surface area (Å²) in [4.78, 5) is 4.18. The molecule has 4 rings (SSSR count). The first-order chi connectivity index (χ1) is 10.4. The zero-order valence-corrected chi connectivity index (χ0v) is 14.5. The Balaban J connectivity index is 0.00000144. The van der Waals surface area contributed by atoms with Gasteiger partial charge in [-0.25, -0.2) is 4.98 Å². The Kier molecular flexibility index (Phi) is 4.71. The van der Waals surface area contributed by atoms with Gasteiger partial charge in [0, 0.05) is 23.9 Å². The number of hydrogen-bond donors (Lipinski definition) is 0. The molecule has 5 heteroatoms. The zero-order chi connectivity index (χ0) is 14.1. The van der Waals surface area contributed by atoms with Gasteiger partial charge in [-0.3, -0.25) is 0 Å². The van der Waals surface area contributed by atoms with Crippen LogP contribution in [-0.4, -0.2) is 21.1 Å². The standard InChI is InChI=1S/C17H16N2S2.ClH/c1-2-4-15-11-16(6-5-14(15)3-1)17(20-9-10-21-17)12-19-8-7-18-13-19;/h1-8,11,13H,9-10,12H2;1H. The van der Waals surface area contributed by atoms with Gasteiger partial charge in [-0.1, -0.05) is 36.4 Å². The lowest BCUT2D eigenvalue weighted by molar-refractivity contribution is 0.653. The fourth-order valence-corrected chi connectivity index (χ4v) is 6.08. The van der Waals surface area contributed by atoms with Crippen LogP contribution >= 0.6 is 35.9 Å². The van der Waals surface area contributed by atoms with Gasteiger partial charge in [-0.2, -0.15) is 0 Å². The summed E-state index contributed by atoms with van der Waals surface area (Å²) in [5.41, 5.74) is 1.42. The van der Waals surface area contributed by atoms with Gasteiger partial charge in [-0.15, -0.1) is 35.9 Å². The number of benzene rings is 2. The first-order valence-electron chi connectivity index (χ1n) is 7.09. The quantitative estimate of drug-likeness (QED) is 0.677. The molecule has 0 atom stereocenters. The number of rotatable bonds is 3. The minimum atomic E-state index is 0. The summed E-state index contributed by atoms with van der Waals surface area (Å²) >= 11 is 4.13. The largest absolute Gasteiger partial charge is 0.335 e. The predicted molar refractivity (Wildman–Crippen MR) is 100 cm³/mol. The van der Waals surface area contributed by atoms with Crippen molar-refractivity contribution in [3.05, 3.63) is 66.7 Å². The summed E-state index contributed by atoms with van der Waals surface area (Å²) in [5, 5.41) is 2.64. The van der Waals surface area contributed by atoms with Crippen LogP contribution < -0.4 is 0 Å². The molecule has 1 saturated heterocycles. The molecule has 22 heavy (non-hydrogen) atoms. The van der Waals surface area contributed by atoms with Gasteiger partial charge in [-0.05, 0) is 22.4 Å². The van der Waals surface area contributed by atoms with Crippen LogP contribution in [0, 0.1) is 0 Å². The van der Waals surface area contributed by atoms with Crippen molar-refractivity contribution >= 4 is 46.7 Å². The Hall–Kier alpha value is -1.10. The molecule has 2 nitrogen and oxygen atoms in total. The molecular formula is C17H17ClN2S2. The normalized spacial score (nSPS) is 16.5. The lowest BCUT2D eigenvalue weighted by Gasteiger charge is -2.28. The van der Waals surface area contributed by atoms with Crippen molar-refractivity contribution in [2.24, 2.45) is 0 Å². The molecule has 2 heterocycles. The maximum absolute atomic E-state index is 4.18. The minimum Gasteiger partial charge on any atom is -0.335 e. The number of nitrogens with zero attached hydrogens (tertiary/aromatic N) is 2. The topological polar surface area (TPSA) is 17.8 Å². The molecule has 0 N–H and O–H groups in total. The van der Waals surface area contributed by atoms with E-state index in [2.05, 4.69) is 81.7 Å². The Morgan fingerprint density at radius 3 is 2.55 bits per heavy atom. The zero-order valence-electron chi connectivity index (χ0n) is 12.0. The van der Waals surface area contributed by atoms with Crippen LogP contribution in [0.1, 0.15) is 5.56 Å². The van der Waals surface area contributed by atoms with Crippen LogP contribution in [-0.2, 0) is 10.6 Å². The van der Waals surface area contributed by atoms with Gasteiger partial charge in [0.25, 0.3) is 0 Å². The molecular weight excluding hydrogens is 332 g/mol. The van der Waals surface area contributed by atoms with Crippen molar-refractivity contribution in [1.29, 1.82) is 0 Å². The highest BCUT2D eigenvalue weighted by molar-refractivity contribution is 8.20. The molecule has 1 aromatic heterocycles. The third kappa shape index (κ3) is 2.87. The molecule has 3 aromatic rings. The van der Waals surface area contributed by atoms with Gasteiger partial charge in [0.1, 0.15) is 4.08 Å². The molecule has 0 bridgehead atoms. The molecule has 0 spiro atoms. The van der Waals surface area contributed by atoms with E-state index in [1.54, 1.807) is 0 Å². The fraction of sp³-hybridized carbons (Fsp3) is 0.235. The summed E-state index contributed by atoms with van der Waals surface area (Å²) < 4.78 is 2.31. The number of aromatic nitrogens is 2. The van der Waals surface area contributed by atoms with E-state index in [1.807, 2.05) is 12.5 Å². The molecule has 0 radical (unpaired) electrons. The van der Waals surface area contributed by atoms with E-state index in [1.165, 1.54) is 27.8 Å². The average Bonchev–Trinajstić information content (AvgIpc) is 3.20. The van der Waals surface area contributed by atoms with Gasteiger partial charge >= 0.3 is 0 Å². The highest BCUT2D eigenvalue weighted by Gasteiger charge is 2.37. The van der Waals surface area contributed by atoms with Crippen LogP contribution in [0.15, 0.2) is 61.2 Å². The lowest BCUT2D eigenvalue weighted by Crippen LogP contribution is -2.21. The highest BCUT2D eigenvalue weighted by atomic mass is 35.5. The molecule has 0 amide bonds. The second-order valence-corrected chi connectivity index (χ2v) is 8.29. The number of hydrogen-bond acceptors (Lipinski definition) is 3. The average molecular weight is 349 g/mol. The van der Waals surface area contributed by atoms with E-state index in [9.17, 15) is 0 Å². The Labute approximate surface area is 145 Å². The molecule has 1 fully saturated rings. The van der Waals surface area contributed by atoms with Crippen LogP contribution in [0.25, 0.3) is 10.8 Å². The molecule has 1 aliphatic heterocycles. The number of imidazole rings is 1. The third-order valence-electron chi connectivity index (χ3n) is 3.89. The SMILES string of the molecule is Cl.c1ccc2cc(C3(Cn4ccnc4)SCCS3)ccc2c1. The summed E-state index contributed by atoms with van der Waals surface area (Å²) in [5.74, 6) is 2.43. The number of fused-ring (bicyclic) bond motifs is 1. The fourth-order valence-electron chi connectivity index (χ4n) is 2.85. The predicted octanol–water partition coefficient (Wildman–Crippen LogP) is 4.79. The summed E-state index contributed by atoms with van der Waals surface area (Å²) in [7, 11) is 0. The summed E-state index contributed by atoms with van der Waals surface area (Å²) in [6, 6.07) is 15.5. The molecule has 2 aromatic carbocycles. The van der Waals surface area contributed by atoms with Crippen molar-refractivity contribution in [1.82, 2.24) is 9.55 Å². The van der Waals surface area contributed by atoms with Gasteiger partial charge in [0.15, 0.2) is 0 Å². The molecule has 0 aliphatic carbocycles. The van der Waals surface area contributed by atoms with Crippen molar-refractivity contribution in [3.8, 4) is 0 Å². The first kappa shape index (κ1) is 15.8. The Bertz CT molecular complexity index is 752. The third-order valence-corrected chi connectivity index (χ3v) is 7.34. The van der Waals surface area contributed by atoms with E-state index in [-0.39, 0.29) is 16.5 Å². The maximum atomic E-state index is 4.18.